The normalized spacial score (nSPS) is 20.2. The quantitative estimate of drug-likeness (QED) is 0.299. The molecule has 0 radical (unpaired) electrons. The number of piperidine rings is 1. The lowest BCUT2D eigenvalue weighted by Gasteiger charge is -2.40. The number of hydrogen-bond donors (Lipinski definition) is 0. The van der Waals surface area contributed by atoms with E-state index in [1.165, 1.54) is 24.4 Å². The molecule has 0 N–H and O–H groups in total. The number of ether oxygens (including phenoxy) is 1. The molecule has 2 aliphatic rings. The van der Waals surface area contributed by atoms with Crippen LogP contribution in [-0.4, -0.2) is 60.2 Å². The Labute approximate surface area is 239 Å². The Morgan fingerprint density at radius 1 is 0.833 bits per heavy atom. The molecule has 5 nitrogen and oxygen atoms in total. The van der Waals surface area contributed by atoms with Crippen LogP contribution in [0, 0.1) is 5.92 Å². The van der Waals surface area contributed by atoms with Gasteiger partial charge < -0.3 is 14.5 Å². The largest absolute Gasteiger partial charge is 0.416 e. The molecule has 3 aromatic rings. The third kappa shape index (κ3) is 7.13. The molecule has 2 saturated heterocycles. The molecule has 2 atom stereocenters. The number of benzene rings is 2. The first kappa shape index (κ1) is 29.6. The van der Waals surface area contributed by atoms with Gasteiger partial charge >= 0.3 is 18.4 Å². The Balaban J connectivity index is 1.33. The Bertz CT molecular complexity index is 1400. The summed E-state index contributed by atoms with van der Waals surface area (Å²) >= 11 is 0. The predicted octanol–water partition coefficient (Wildman–Crippen LogP) is 7.36. The molecule has 11 heteroatoms. The fraction of sp³-hybridized carbons (Fsp3) is 0.355. The number of aromatic nitrogens is 1. The van der Waals surface area contributed by atoms with E-state index in [9.17, 15) is 31.1 Å². The molecule has 222 valence electrons. The third-order valence-corrected chi connectivity index (χ3v) is 7.59. The van der Waals surface area contributed by atoms with Gasteiger partial charge in [0.2, 0.25) is 0 Å². The van der Waals surface area contributed by atoms with Crippen LogP contribution >= 0.6 is 0 Å². The second kappa shape index (κ2) is 12.2. The van der Waals surface area contributed by atoms with Crippen molar-refractivity contribution in [1.82, 2.24) is 14.8 Å². The van der Waals surface area contributed by atoms with Gasteiger partial charge in [0.15, 0.2) is 0 Å². The highest BCUT2D eigenvalue weighted by Gasteiger charge is 2.34. The predicted molar refractivity (Wildman–Crippen MR) is 145 cm³/mol. The van der Waals surface area contributed by atoms with Gasteiger partial charge in [0.25, 0.3) is 0 Å². The molecule has 2 aliphatic heterocycles. The van der Waals surface area contributed by atoms with Gasteiger partial charge in [0.1, 0.15) is 0 Å². The summed E-state index contributed by atoms with van der Waals surface area (Å²) < 4.78 is 84.0. The fourth-order valence-electron chi connectivity index (χ4n) is 5.36. The number of nitrogens with zero attached hydrogens (tertiary/aromatic N) is 3. The number of amides is 2. The highest BCUT2D eigenvalue weighted by Crippen LogP contribution is 2.35. The summed E-state index contributed by atoms with van der Waals surface area (Å²) in [4.78, 5) is 21.2. The van der Waals surface area contributed by atoms with Crippen molar-refractivity contribution in [3.63, 3.8) is 0 Å². The average molecular weight is 590 g/mol. The summed E-state index contributed by atoms with van der Waals surface area (Å²) in [6.07, 6.45) is -3.01. The van der Waals surface area contributed by atoms with Crippen LogP contribution in [0.4, 0.5) is 31.1 Å². The molecule has 2 fully saturated rings. The van der Waals surface area contributed by atoms with E-state index in [-0.39, 0.29) is 17.9 Å². The van der Waals surface area contributed by atoms with Crippen LogP contribution in [0.25, 0.3) is 17.2 Å². The lowest BCUT2D eigenvalue weighted by atomic mass is 9.84. The molecule has 2 aromatic carbocycles. The first-order valence-electron chi connectivity index (χ1n) is 13.6. The SMILES string of the molecule is O=C(N1CCOCC1)N1CC(C=Cc2ccc(-c3cccc(C(F)(F)F)c3)cn2)CC(c2ccc(C(F)(F)F)cc2)C1. The molecule has 3 heterocycles. The van der Waals surface area contributed by atoms with E-state index in [0.29, 0.717) is 62.6 Å². The van der Waals surface area contributed by atoms with Gasteiger partial charge in [-0.1, -0.05) is 36.4 Å². The van der Waals surface area contributed by atoms with Crippen LogP contribution in [0.1, 0.15) is 34.7 Å². The van der Waals surface area contributed by atoms with Crippen molar-refractivity contribution in [3.8, 4) is 11.1 Å². The highest BCUT2D eigenvalue weighted by atomic mass is 19.4. The van der Waals surface area contributed by atoms with Crippen molar-refractivity contribution in [2.45, 2.75) is 24.7 Å². The number of urea groups is 1. The molecular formula is C31H29F6N3O2. The third-order valence-electron chi connectivity index (χ3n) is 7.59. The summed E-state index contributed by atoms with van der Waals surface area (Å²) in [6, 6.07) is 13.4. The van der Waals surface area contributed by atoms with E-state index in [1.807, 2.05) is 6.08 Å². The molecule has 2 amide bonds. The Kier molecular flexibility index (Phi) is 8.58. The summed E-state index contributed by atoms with van der Waals surface area (Å²) in [5.41, 5.74) is 0.801. The summed E-state index contributed by atoms with van der Waals surface area (Å²) in [6.45, 7) is 2.68. The molecule has 0 bridgehead atoms. The second-order valence-electron chi connectivity index (χ2n) is 10.5. The van der Waals surface area contributed by atoms with Crippen molar-refractivity contribution in [2.24, 2.45) is 5.92 Å². The molecule has 0 spiro atoms. The molecule has 5 rings (SSSR count). The monoisotopic (exact) mass is 589 g/mol. The zero-order chi connectivity index (χ0) is 29.9. The highest BCUT2D eigenvalue weighted by molar-refractivity contribution is 5.75. The molecule has 0 saturated carbocycles. The van der Waals surface area contributed by atoms with Crippen molar-refractivity contribution in [3.05, 3.63) is 95.3 Å². The van der Waals surface area contributed by atoms with E-state index in [1.54, 1.807) is 34.1 Å². The molecule has 2 unspecified atom stereocenters. The van der Waals surface area contributed by atoms with E-state index < -0.39 is 23.5 Å². The lowest BCUT2D eigenvalue weighted by molar-refractivity contribution is -0.138. The number of rotatable bonds is 4. The Morgan fingerprint density at radius 2 is 1.55 bits per heavy atom. The van der Waals surface area contributed by atoms with Crippen molar-refractivity contribution >= 4 is 12.1 Å². The summed E-state index contributed by atoms with van der Waals surface area (Å²) in [5, 5.41) is 0. The van der Waals surface area contributed by atoms with Gasteiger partial charge in [-0.05, 0) is 59.9 Å². The van der Waals surface area contributed by atoms with E-state index in [2.05, 4.69) is 4.98 Å². The number of carbonyl (C=O) groups excluding carboxylic acids is 1. The maximum atomic E-state index is 13.3. The first-order chi connectivity index (χ1) is 20.0. The van der Waals surface area contributed by atoms with E-state index in [0.717, 1.165) is 29.8 Å². The Hall–Kier alpha value is -3.86. The number of pyridine rings is 1. The van der Waals surface area contributed by atoms with Gasteiger partial charge in [0, 0.05) is 43.9 Å². The summed E-state index contributed by atoms with van der Waals surface area (Å²) in [5.74, 6) is -0.266. The number of alkyl halides is 6. The van der Waals surface area contributed by atoms with Gasteiger partial charge in [0.05, 0.1) is 30.0 Å². The van der Waals surface area contributed by atoms with Crippen LogP contribution in [0.2, 0.25) is 0 Å². The topological polar surface area (TPSA) is 45.7 Å². The lowest BCUT2D eigenvalue weighted by Crippen LogP contribution is -2.52. The number of hydrogen-bond acceptors (Lipinski definition) is 3. The van der Waals surface area contributed by atoms with Crippen LogP contribution in [0.5, 0.6) is 0 Å². The van der Waals surface area contributed by atoms with Gasteiger partial charge in [-0.25, -0.2) is 4.79 Å². The minimum atomic E-state index is -4.44. The number of morpholine rings is 1. The van der Waals surface area contributed by atoms with Crippen molar-refractivity contribution in [1.29, 1.82) is 0 Å². The zero-order valence-corrected chi connectivity index (χ0v) is 22.5. The second-order valence-corrected chi connectivity index (χ2v) is 10.5. The van der Waals surface area contributed by atoms with E-state index >= 15 is 0 Å². The zero-order valence-electron chi connectivity index (χ0n) is 22.5. The smallest absolute Gasteiger partial charge is 0.378 e. The number of likely N-dealkylation sites (tertiary alicyclic amines) is 1. The van der Waals surface area contributed by atoms with Crippen LogP contribution in [-0.2, 0) is 17.1 Å². The maximum absolute atomic E-state index is 13.3. The summed E-state index contributed by atoms with van der Waals surface area (Å²) in [7, 11) is 0. The molecular weight excluding hydrogens is 560 g/mol. The maximum Gasteiger partial charge on any atom is 0.416 e. The van der Waals surface area contributed by atoms with Crippen LogP contribution < -0.4 is 0 Å². The first-order valence-corrected chi connectivity index (χ1v) is 13.6. The molecule has 1 aromatic heterocycles. The van der Waals surface area contributed by atoms with Crippen molar-refractivity contribution in [2.75, 3.05) is 39.4 Å². The Morgan fingerprint density at radius 3 is 2.19 bits per heavy atom. The van der Waals surface area contributed by atoms with Gasteiger partial charge in [-0.2, -0.15) is 26.3 Å². The van der Waals surface area contributed by atoms with Gasteiger partial charge in [-0.3, -0.25) is 4.98 Å². The van der Waals surface area contributed by atoms with E-state index in [4.69, 9.17) is 4.74 Å². The van der Waals surface area contributed by atoms with Crippen LogP contribution in [0.3, 0.4) is 0 Å². The molecule has 42 heavy (non-hydrogen) atoms. The minimum Gasteiger partial charge on any atom is -0.378 e. The average Bonchev–Trinajstić information content (AvgIpc) is 2.99. The fourth-order valence-corrected chi connectivity index (χ4v) is 5.36. The molecule has 0 aliphatic carbocycles. The number of carbonyl (C=O) groups is 1. The number of halogens is 6. The van der Waals surface area contributed by atoms with Crippen molar-refractivity contribution < 1.29 is 35.9 Å². The van der Waals surface area contributed by atoms with Gasteiger partial charge in [-0.15, -0.1) is 0 Å². The minimum absolute atomic E-state index is 0.0963. The van der Waals surface area contributed by atoms with Crippen LogP contribution in [0.15, 0.2) is 72.9 Å². The standard InChI is InChI=1S/C31H29F6N3O2/c32-30(33,34)26-8-5-22(6-9-26)25-16-21(19-40(20-25)29(41)39-12-14-42-15-13-39)4-10-28-11-7-24(18-38-28)23-2-1-3-27(17-23)31(35,36)37/h1-11,17-18,21,25H,12-16,19-20H2.